The molecule has 2 aliphatic carbocycles. The molecule has 0 N–H and O–H groups in total. The smallest absolute Gasteiger partial charge is 0.387 e. The quantitative estimate of drug-likeness (QED) is 0.222. The van der Waals surface area contributed by atoms with Crippen LogP contribution in [-0.4, -0.2) is 19.8 Å². The number of sulfone groups is 1. The van der Waals surface area contributed by atoms with Crippen LogP contribution in [0.2, 0.25) is 0 Å². The van der Waals surface area contributed by atoms with Gasteiger partial charge < -0.3 is 4.74 Å². The molecule has 1 saturated carbocycles. The Morgan fingerprint density at radius 1 is 0.975 bits per heavy atom. The van der Waals surface area contributed by atoms with Crippen molar-refractivity contribution in [1.82, 2.24) is 0 Å². The van der Waals surface area contributed by atoms with E-state index in [0.29, 0.717) is 16.5 Å². The standard InChI is InChI=1S/C32H26BrF3O3S/c1-32(40(37,38)24-7-4-6-23(17-24)39-31(35)36)18-21(26-14-11-22(33)16-29(26)34)15-20-10-12-27-25-8-3-2-5-19(25)9-13-28(27)30(20)32/h2-14,16-17,20-21,30-31H,15,18H2,1H3. The van der Waals surface area contributed by atoms with Crippen molar-refractivity contribution in [3.05, 3.63) is 112 Å². The van der Waals surface area contributed by atoms with Gasteiger partial charge in [0.15, 0.2) is 9.84 Å². The maximum absolute atomic E-state index is 15.2. The lowest BCUT2D eigenvalue weighted by atomic mass is 9.61. The number of allylic oxidation sites excluding steroid dienone is 1. The minimum Gasteiger partial charge on any atom is -0.435 e. The second-order valence-corrected chi connectivity index (χ2v) is 14.1. The first-order valence-corrected chi connectivity index (χ1v) is 15.3. The lowest BCUT2D eigenvalue weighted by Crippen LogP contribution is -2.49. The van der Waals surface area contributed by atoms with Crippen LogP contribution in [0.4, 0.5) is 13.2 Å². The molecule has 8 heteroatoms. The van der Waals surface area contributed by atoms with Crippen LogP contribution >= 0.6 is 15.9 Å². The van der Waals surface area contributed by atoms with E-state index in [1.807, 2.05) is 36.4 Å². The molecule has 4 aromatic rings. The van der Waals surface area contributed by atoms with Crippen molar-refractivity contribution in [2.45, 2.75) is 47.9 Å². The van der Waals surface area contributed by atoms with E-state index in [4.69, 9.17) is 0 Å². The van der Waals surface area contributed by atoms with Crippen molar-refractivity contribution in [1.29, 1.82) is 0 Å². The summed E-state index contributed by atoms with van der Waals surface area (Å²) in [5.41, 5.74) is 2.37. The number of alkyl halides is 2. The Labute approximate surface area is 239 Å². The maximum Gasteiger partial charge on any atom is 0.387 e. The van der Waals surface area contributed by atoms with Crippen molar-refractivity contribution < 1.29 is 26.3 Å². The van der Waals surface area contributed by atoms with Crippen molar-refractivity contribution in [2.75, 3.05) is 0 Å². The van der Waals surface area contributed by atoms with Crippen LogP contribution in [0.25, 0.3) is 16.8 Å². The van der Waals surface area contributed by atoms with Crippen LogP contribution in [-0.2, 0) is 9.84 Å². The highest BCUT2D eigenvalue weighted by molar-refractivity contribution is 9.10. The second-order valence-electron chi connectivity index (χ2n) is 10.8. The Morgan fingerprint density at radius 3 is 2.52 bits per heavy atom. The van der Waals surface area contributed by atoms with Gasteiger partial charge in [-0.2, -0.15) is 8.78 Å². The zero-order valence-corrected chi connectivity index (χ0v) is 23.9. The van der Waals surface area contributed by atoms with Crippen LogP contribution in [0.5, 0.6) is 5.75 Å². The van der Waals surface area contributed by atoms with E-state index < -0.39 is 32.9 Å². The van der Waals surface area contributed by atoms with E-state index in [0.717, 1.165) is 28.0 Å². The van der Waals surface area contributed by atoms with Gasteiger partial charge in [0.05, 0.1) is 9.64 Å². The SMILES string of the molecule is CC1(S(=O)(=O)c2cccc(OC(F)F)c2)CC(c2ccc(Br)cc2F)CC2C=Cc3c(ccc4ccccc34)C21. The number of ether oxygens (including phenoxy) is 1. The van der Waals surface area contributed by atoms with Crippen LogP contribution < -0.4 is 4.74 Å². The van der Waals surface area contributed by atoms with Crippen molar-refractivity contribution in [3.8, 4) is 5.75 Å². The van der Waals surface area contributed by atoms with E-state index in [9.17, 15) is 17.2 Å². The average molecular weight is 628 g/mol. The molecule has 0 bridgehead atoms. The topological polar surface area (TPSA) is 43.4 Å². The molecular formula is C32H26BrF3O3S. The molecule has 0 saturated heterocycles. The van der Waals surface area contributed by atoms with Crippen molar-refractivity contribution in [3.63, 3.8) is 0 Å². The van der Waals surface area contributed by atoms with Crippen molar-refractivity contribution in [2.24, 2.45) is 5.92 Å². The molecule has 6 rings (SSSR count). The molecule has 0 aliphatic heterocycles. The molecule has 0 radical (unpaired) electrons. The Balaban J connectivity index is 1.54. The fourth-order valence-corrected chi connectivity index (χ4v) is 9.25. The van der Waals surface area contributed by atoms with Gasteiger partial charge in [0, 0.05) is 10.4 Å². The van der Waals surface area contributed by atoms with Gasteiger partial charge in [-0.3, -0.25) is 0 Å². The third-order valence-electron chi connectivity index (χ3n) is 8.50. The number of halogens is 4. The summed E-state index contributed by atoms with van der Waals surface area (Å²) in [5, 5.41) is 2.08. The first-order chi connectivity index (χ1) is 19.1. The van der Waals surface area contributed by atoms with Crippen molar-refractivity contribution >= 4 is 42.6 Å². The molecule has 4 aromatic carbocycles. The molecule has 206 valence electrons. The predicted molar refractivity (Wildman–Crippen MR) is 154 cm³/mol. The average Bonchev–Trinajstić information content (AvgIpc) is 2.92. The Bertz CT molecular complexity index is 1750. The van der Waals surface area contributed by atoms with Gasteiger partial charge in [0.2, 0.25) is 0 Å². The zero-order chi connectivity index (χ0) is 28.2. The number of hydrogen-bond donors (Lipinski definition) is 0. The summed E-state index contributed by atoms with van der Waals surface area (Å²) in [6.45, 7) is -1.36. The molecule has 2 aliphatic rings. The first kappa shape index (κ1) is 27.1. The third kappa shape index (κ3) is 4.45. The fraction of sp³-hybridized carbons (Fsp3) is 0.250. The van der Waals surface area contributed by atoms with Gasteiger partial charge in [-0.1, -0.05) is 76.6 Å². The summed E-state index contributed by atoms with van der Waals surface area (Å²) in [4.78, 5) is -0.0966. The number of hydrogen-bond acceptors (Lipinski definition) is 3. The molecule has 1 fully saturated rings. The molecule has 4 atom stereocenters. The highest BCUT2D eigenvalue weighted by Crippen LogP contribution is 2.58. The normalized spacial score (nSPS) is 24.1. The molecule has 40 heavy (non-hydrogen) atoms. The van der Waals surface area contributed by atoms with Gasteiger partial charge in [0.1, 0.15) is 11.6 Å². The molecule has 4 unspecified atom stereocenters. The predicted octanol–water partition coefficient (Wildman–Crippen LogP) is 8.88. The first-order valence-electron chi connectivity index (χ1n) is 13.0. The summed E-state index contributed by atoms with van der Waals surface area (Å²) >= 11 is 3.31. The lowest BCUT2D eigenvalue weighted by molar-refractivity contribution is -0.0499. The zero-order valence-electron chi connectivity index (χ0n) is 21.5. The molecule has 0 spiro atoms. The van der Waals surface area contributed by atoms with E-state index in [1.165, 1.54) is 24.3 Å². The van der Waals surface area contributed by atoms with E-state index in [-0.39, 0.29) is 28.9 Å². The number of fused-ring (bicyclic) bond motifs is 5. The highest BCUT2D eigenvalue weighted by atomic mass is 79.9. The van der Waals surface area contributed by atoms with Crippen LogP contribution in [0.15, 0.2) is 94.3 Å². The number of benzene rings is 4. The Hall–Kier alpha value is -3.10. The van der Waals surface area contributed by atoms with Crippen LogP contribution in [0.1, 0.15) is 48.3 Å². The third-order valence-corrected chi connectivity index (χ3v) is 11.5. The monoisotopic (exact) mass is 626 g/mol. The minimum absolute atomic E-state index is 0.0966. The van der Waals surface area contributed by atoms with Gasteiger partial charge in [-0.05, 0) is 89.4 Å². The fourth-order valence-electron chi connectivity index (χ4n) is 6.79. The Kier molecular flexibility index (Phi) is 6.82. The minimum atomic E-state index is -4.14. The largest absolute Gasteiger partial charge is 0.435 e. The molecule has 0 amide bonds. The van der Waals surface area contributed by atoms with Gasteiger partial charge in [0.25, 0.3) is 0 Å². The summed E-state index contributed by atoms with van der Waals surface area (Å²) in [5.74, 6) is -1.61. The van der Waals surface area contributed by atoms with E-state index >= 15 is 4.39 Å². The van der Waals surface area contributed by atoms with Gasteiger partial charge >= 0.3 is 6.61 Å². The van der Waals surface area contributed by atoms with Gasteiger partial charge in [-0.15, -0.1) is 0 Å². The van der Waals surface area contributed by atoms with Crippen LogP contribution in [0.3, 0.4) is 0 Å². The highest BCUT2D eigenvalue weighted by Gasteiger charge is 2.55. The summed E-state index contributed by atoms with van der Waals surface area (Å²) in [6, 6.07) is 22.1. The van der Waals surface area contributed by atoms with Crippen LogP contribution in [0, 0.1) is 11.7 Å². The van der Waals surface area contributed by atoms with Gasteiger partial charge in [-0.25, -0.2) is 12.8 Å². The molecule has 0 heterocycles. The lowest BCUT2D eigenvalue weighted by Gasteiger charge is -2.50. The Morgan fingerprint density at radius 2 is 1.75 bits per heavy atom. The summed E-state index contributed by atoms with van der Waals surface area (Å²) in [6.07, 6.45) is 4.86. The van der Waals surface area contributed by atoms with E-state index in [2.05, 4.69) is 32.8 Å². The van der Waals surface area contributed by atoms with E-state index in [1.54, 1.807) is 19.1 Å². The summed E-state index contributed by atoms with van der Waals surface area (Å²) < 4.78 is 74.2. The molecule has 3 nitrogen and oxygen atoms in total. The molecular weight excluding hydrogens is 601 g/mol. The number of rotatable bonds is 5. The second kappa shape index (κ2) is 10.1. The summed E-state index contributed by atoms with van der Waals surface area (Å²) in [7, 11) is -4.14. The molecule has 0 aromatic heterocycles. The maximum atomic E-state index is 15.2.